The van der Waals surface area contributed by atoms with E-state index in [1.807, 2.05) is 4.90 Å². The van der Waals surface area contributed by atoms with Gasteiger partial charge in [0, 0.05) is 19.1 Å². The molecule has 0 aliphatic heterocycles. The Balaban J connectivity index is 2.22. The van der Waals surface area contributed by atoms with Crippen molar-refractivity contribution in [3.63, 3.8) is 0 Å². The van der Waals surface area contributed by atoms with Crippen molar-refractivity contribution < 1.29 is 4.79 Å². The summed E-state index contributed by atoms with van der Waals surface area (Å²) in [5.41, 5.74) is 0. The van der Waals surface area contributed by atoms with Crippen molar-refractivity contribution in [3.8, 4) is 0 Å². The first-order chi connectivity index (χ1) is 7.17. The number of carbonyl (C=O) groups excluding carboxylic acids is 1. The molecule has 1 saturated carbocycles. The van der Waals surface area contributed by atoms with Crippen LogP contribution in [0.15, 0.2) is 0 Å². The Morgan fingerprint density at radius 3 is 2.60 bits per heavy atom. The fourth-order valence-electron chi connectivity index (χ4n) is 1.54. The molecular weight excluding hydrogens is 188 g/mol. The van der Waals surface area contributed by atoms with Crippen LogP contribution in [0.4, 0.5) is 0 Å². The highest BCUT2D eigenvalue weighted by Crippen LogP contribution is 2.29. The molecule has 1 rings (SSSR count). The number of nitrogens with one attached hydrogen (secondary N) is 1. The average molecular weight is 212 g/mol. The van der Waals surface area contributed by atoms with E-state index in [0.29, 0.717) is 12.6 Å². The van der Waals surface area contributed by atoms with Gasteiger partial charge in [-0.25, -0.2) is 0 Å². The van der Waals surface area contributed by atoms with Crippen LogP contribution in [-0.2, 0) is 4.79 Å². The van der Waals surface area contributed by atoms with Gasteiger partial charge >= 0.3 is 0 Å². The molecular formula is C12H24N2O. The molecule has 0 radical (unpaired) electrons. The van der Waals surface area contributed by atoms with Gasteiger partial charge < -0.3 is 10.2 Å². The monoisotopic (exact) mass is 212 g/mol. The maximum atomic E-state index is 11.8. The largest absolute Gasteiger partial charge is 0.342 e. The number of hydrogen-bond donors (Lipinski definition) is 1. The van der Waals surface area contributed by atoms with Gasteiger partial charge in [-0.05, 0) is 39.0 Å². The first-order valence-corrected chi connectivity index (χ1v) is 6.18. The molecule has 0 spiro atoms. The van der Waals surface area contributed by atoms with Crippen LogP contribution in [0.1, 0.15) is 40.0 Å². The van der Waals surface area contributed by atoms with E-state index in [9.17, 15) is 4.79 Å². The van der Waals surface area contributed by atoms with Crippen molar-refractivity contribution in [1.29, 1.82) is 0 Å². The van der Waals surface area contributed by atoms with E-state index >= 15 is 0 Å². The molecule has 1 unspecified atom stereocenters. The second-order valence-electron chi connectivity index (χ2n) is 4.57. The summed E-state index contributed by atoms with van der Waals surface area (Å²) in [4.78, 5) is 13.8. The Bertz CT molecular complexity index is 202. The lowest BCUT2D eigenvalue weighted by atomic mass is 10.2. The minimum Gasteiger partial charge on any atom is -0.342 e. The Morgan fingerprint density at radius 2 is 2.13 bits per heavy atom. The molecule has 1 aliphatic rings. The summed E-state index contributed by atoms with van der Waals surface area (Å²) in [6, 6.07) is 0.439. The normalized spacial score (nSPS) is 17.5. The van der Waals surface area contributed by atoms with Crippen molar-refractivity contribution in [1.82, 2.24) is 10.2 Å². The lowest BCUT2D eigenvalue weighted by Crippen LogP contribution is -2.41. The van der Waals surface area contributed by atoms with E-state index in [1.165, 1.54) is 12.8 Å². The predicted molar refractivity (Wildman–Crippen MR) is 62.7 cm³/mol. The second-order valence-corrected chi connectivity index (χ2v) is 4.57. The summed E-state index contributed by atoms with van der Waals surface area (Å²) < 4.78 is 0. The van der Waals surface area contributed by atoms with E-state index < -0.39 is 0 Å². The van der Waals surface area contributed by atoms with E-state index in [-0.39, 0.29) is 5.91 Å². The molecule has 0 aromatic rings. The van der Waals surface area contributed by atoms with Gasteiger partial charge in [-0.3, -0.25) is 4.79 Å². The Kier molecular flexibility index (Phi) is 5.09. The zero-order valence-electron chi connectivity index (χ0n) is 10.3. The lowest BCUT2D eigenvalue weighted by molar-refractivity contribution is -0.130. The highest BCUT2D eigenvalue weighted by atomic mass is 16.2. The van der Waals surface area contributed by atoms with Crippen LogP contribution in [0.2, 0.25) is 0 Å². The minimum atomic E-state index is 0.254. The van der Waals surface area contributed by atoms with Gasteiger partial charge in [-0.15, -0.1) is 0 Å². The van der Waals surface area contributed by atoms with Crippen molar-refractivity contribution >= 4 is 5.91 Å². The molecule has 0 aromatic heterocycles. The summed E-state index contributed by atoms with van der Waals surface area (Å²) >= 11 is 0. The SMILES string of the molecule is CCC(C)NCC(=O)N(CC)CC1CC1. The van der Waals surface area contributed by atoms with Gasteiger partial charge in [-0.2, -0.15) is 0 Å². The second kappa shape index (κ2) is 6.11. The zero-order valence-corrected chi connectivity index (χ0v) is 10.3. The van der Waals surface area contributed by atoms with Crippen LogP contribution in [-0.4, -0.2) is 36.5 Å². The highest BCUT2D eigenvalue weighted by Gasteiger charge is 2.25. The molecule has 1 aliphatic carbocycles. The topological polar surface area (TPSA) is 32.3 Å². The molecule has 1 atom stereocenters. The minimum absolute atomic E-state index is 0.254. The quantitative estimate of drug-likeness (QED) is 0.695. The maximum Gasteiger partial charge on any atom is 0.236 e. The highest BCUT2D eigenvalue weighted by molar-refractivity contribution is 5.78. The van der Waals surface area contributed by atoms with Crippen LogP contribution >= 0.6 is 0 Å². The summed E-state index contributed by atoms with van der Waals surface area (Å²) in [5, 5.41) is 3.25. The molecule has 0 aromatic carbocycles. The molecule has 0 heterocycles. The first-order valence-electron chi connectivity index (χ1n) is 6.18. The van der Waals surface area contributed by atoms with Crippen LogP contribution < -0.4 is 5.32 Å². The van der Waals surface area contributed by atoms with Crippen LogP contribution in [0, 0.1) is 5.92 Å². The number of rotatable bonds is 7. The molecule has 1 amide bonds. The van der Waals surface area contributed by atoms with Crippen molar-refractivity contribution in [2.75, 3.05) is 19.6 Å². The fraction of sp³-hybridized carbons (Fsp3) is 0.917. The standard InChI is InChI=1S/C12H24N2O/c1-4-10(3)13-8-12(15)14(5-2)9-11-6-7-11/h10-11,13H,4-9H2,1-3H3. The molecule has 88 valence electrons. The van der Waals surface area contributed by atoms with Crippen molar-refractivity contribution in [3.05, 3.63) is 0 Å². The Labute approximate surface area is 93.2 Å². The smallest absolute Gasteiger partial charge is 0.236 e. The fourth-order valence-corrected chi connectivity index (χ4v) is 1.54. The summed E-state index contributed by atoms with van der Waals surface area (Å²) in [7, 11) is 0. The van der Waals surface area contributed by atoms with Crippen LogP contribution in [0.3, 0.4) is 0 Å². The number of likely N-dealkylation sites (N-methyl/N-ethyl adjacent to an activating group) is 1. The predicted octanol–water partition coefficient (Wildman–Crippen LogP) is 1.63. The zero-order chi connectivity index (χ0) is 11.3. The van der Waals surface area contributed by atoms with Crippen LogP contribution in [0.25, 0.3) is 0 Å². The van der Waals surface area contributed by atoms with Gasteiger partial charge in [0.1, 0.15) is 0 Å². The van der Waals surface area contributed by atoms with E-state index in [1.54, 1.807) is 0 Å². The van der Waals surface area contributed by atoms with E-state index in [4.69, 9.17) is 0 Å². The molecule has 3 heteroatoms. The van der Waals surface area contributed by atoms with E-state index in [2.05, 4.69) is 26.1 Å². The number of nitrogens with zero attached hydrogens (tertiary/aromatic N) is 1. The Morgan fingerprint density at radius 1 is 1.47 bits per heavy atom. The molecule has 15 heavy (non-hydrogen) atoms. The maximum absolute atomic E-state index is 11.8. The lowest BCUT2D eigenvalue weighted by Gasteiger charge is -2.22. The van der Waals surface area contributed by atoms with Gasteiger partial charge in [0.25, 0.3) is 0 Å². The third-order valence-electron chi connectivity index (χ3n) is 3.12. The van der Waals surface area contributed by atoms with Gasteiger partial charge in [0.15, 0.2) is 0 Å². The van der Waals surface area contributed by atoms with Gasteiger partial charge in [0.2, 0.25) is 5.91 Å². The molecule has 1 fully saturated rings. The van der Waals surface area contributed by atoms with Gasteiger partial charge in [0.05, 0.1) is 6.54 Å². The third-order valence-corrected chi connectivity index (χ3v) is 3.12. The summed E-state index contributed by atoms with van der Waals surface area (Å²) in [6.45, 7) is 8.61. The average Bonchev–Trinajstić information content (AvgIpc) is 3.05. The van der Waals surface area contributed by atoms with Crippen LogP contribution in [0.5, 0.6) is 0 Å². The first kappa shape index (κ1) is 12.5. The Hall–Kier alpha value is -0.570. The molecule has 0 bridgehead atoms. The van der Waals surface area contributed by atoms with E-state index in [0.717, 1.165) is 25.4 Å². The summed E-state index contributed by atoms with van der Waals surface area (Å²) in [5.74, 6) is 1.04. The van der Waals surface area contributed by atoms with Gasteiger partial charge in [-0.1, -0.05) is 6.92 Å². The molecule has 0 saturated heterocycles. The summed E-state index contributed by atoms with van der Waals surface area (Å²) in [6.07, 6.45) is 3.69. The molecule has 3 nitrogen and oxygen atoms in total. The third kappa shape index (κ3) is 4.65. The molecule has 1 N–H and O–H groups in total. The number of amides is 1. The number of carbonyl (C=O) groups is 1. The van der Waals surface area contributed by atoms with Crippen molar-refractivity contribution in [2.24, 2.45) is 5.92 Å². The van der Waals surface area contributed by atoms with Crippen molar-refractivity contribution in [2.45, 2.75) is 46.1 Å². The number of hydrogen-bond acceptors (Lipinski definition) is 2.